The number of ketones is 1. The van der Waals surface area contributed by atoms with Gasteiger partial charge in [0.05, 0.1) is 0 Å². The van der Waals surface area contributed by atoms with E-state index in [1.165, 1.54) is 6.92 Å². The number of allylic oxidation sites excluding steroid dienone is 2. The number of carbonyl (C=O) groups is 3. The van der Waals surface area contributed by atoms with Crippen LogP contribution in [0.15, 0.2) is 22.8 Å². The summed E-state index contributed by atoms with van der Waals surface area (Å²) < 4.78 is 5.82. The van der Waals surface area contributed by atoms with E-state index in [9.17, 15) is 19.5 Å². The molecule has 0 unspecified atom stereocenters. The Labute approximate surface area is 223 Å². The lowest BCUT2D eigenvalue weighted by molar-refractivity contribution is -0.151. The van der Waals surface area contributed by atoms with E-state index in [-0.39, 0.29) is 45.2 Å². The second-order valence-corrected chi connectivity index (χ2v) is 13.9. The summed E-state index contributed by atoms with van der Waals surface area (Å²) in [6.45, 7) is 17.0. The third-order valence-electron chi connectivity index (χ3n) is 12.1. The van der Waals surface area contributed by atoms with Crippen LogP contribution >= 0.6 is 0 Å². The van der Waals surface area contributed by atoms with Crippen molar-refractivity contribution in [2.45, 2.75) is 119 Å². The maximum Gasteiger partial charge on any atom is 0.330 e. The van der Waals surface area contributed by atoms with E-state index in [1.807, 2.05) is 0 Å². The smallest absolute Gasteiger partial charge is 0.330 e. The highest BCUT2D eigenvalue weighted by atomic mass is 16.5. The zero-order valence-electron chi connectivity index (χ0n) is 24.3. The summed E-state index contributed by atoms with van der Waals surface area (Å²) >= 11 is 0. The van der Waals surface area contributed by atoms with Gasteiger partial charge >= 0.3 is 11.9 Å². The van der Waals surface area contributed by atoms with E-state index in [0.717, 1.165) is 44.9 Å². The second kappa shape index (κ2) is 9.38. The van der Waals surface area contributed by atoms with Crippen LogP contribution in [0.1, 0.15) is 113 Å². The number of carbonyl (C=O) groups excluding carboxylic acids is 2. The minimum atomic E-state index is -0.932. The Hall–Kier alpha value is -1.91. The number of fused-ring (bicyclic) bond motifs is 4. The molecule has 0 bridgehead atoms. The minimum absolute atomic E-state index is 0.0956. The lowest BCUT2D eigenvalue weighted by Gasteiger charge is -2.61. The highest BCUT2D eigenvalue weighted by Crippen LogP contribution is 2.72. The summed E-state index contributed by atoms with van der Waals surface area (Å²) in [6.07, 6.45) is 10.1. The van der Waals surface area contributed by atoms with Crippen LogP contribution in [-0.2, 0) is 19.1 Å². The zero-order chi connectivity index (χ0) is 27.6. The average Bonchev–Trinajstić information content (AvgIpc) is 3.09. The maximum atomic E-state index is 12.9. The maximum absolute atomic E-state index is 12.9. The second-order valence-electron chi connectivity index (χ2n) is 13.9. The summed E-state index contributed by atoms with van der Waals surface area (Å²) in [7, 11) is 0. The molecule has 0 spiro atoms. The lowest BCUT2D eigenvalue weighted by Crippen LogP contribution is -2.54. The van der Waals surface area contributed by atoms with Crippen LogP contribution < -0.4 is 0 Å². The third kappa shape index (κ3) is 4.23. The highest BCUT2D eigenvalue weighted by molar-refractivity contribution is 5.86. The van der Waals surface area contributed by atoms with Crippen molar-refractivity contribution >= 4 is 17.7 Å². The van der Waals surface area contributed by atoms with Crippen molar-refractivity contribution in [3.8, 4) is 0 Å². The average molecular weight is 513 g/mol. The molecule has 4 aliphatic carbocycles. The van der Waals surface area contributed by atoms with E-state index in [1.54, 1.807) is 24.1 Å². The highest BCUT2D eigenvalue weighted by Gasteiger charge is 2.63. The van der Waals surface area contributed by atoms with Crippen molar-refractivity contribution in [1.29, 1.82) is 0 Å². The van der Waals surface area contributed by atoms with Crippen molar-refractivity contribution in [2.24, 2.45) is 39.4 Å². The third-order valence-corrected chi connectivity index (χ3v) is 12.1. The molecule has 206 valence electrons. The summed E-state index contributed by atoms with van der Waals surface area (Å²) in [5, 5.41) is 9.32. The van der Waals surface area contributed by atoms with Gasteiger partial charge in [0.1, 0.15) is 11.9 Å². The number of Topliss-reactive ketones (excluding diaryl/α,β-unsaturated/α-hetero) is 1. The molecular weight excluding hydrogens is 464 g/mol. The van der Waals surface area contributed by atoms with Gasteiger partial charge in [0.25, 0.3) is 0 Å². The largest absolute Gasteiger partial charge is 0.478 e. The van der Waals surface area contributed by atoms with E-state index in [2.05, 4.69) is 41.5 Å². The Morgan fingerprint density at radius 2 is 1.68 bits per heavy atom. The molecule has 0 aromatic carbocycles. The van der Waals surface area contributed by atoms with Crippen LogP contribution in [0.2, 0.25) is 0 Å². The van der Waals surface area contributed by atoms with E-state index >= 15 is 0 Å². The molecule has 4 rings (SSSR count). The van der Waals surface area contributed by atoms with Gasteiger partial charge in [0.15, 0.2) is 0 Å². The molecule has 4 aliphatic rings. The van der Waals surface area contributed by atoms with Crippen LogP contribution in [0.25, 0.3) is 0 Å². The number of esters is 1. The molecule has 0 amide bonds. The molecule has 37 heavy (non-hydrogen) atoms. The molecule has 0 radical (unpaired) electrons. The topological polar surface area (TPSA) is 80.7 Å². The first kappa shape index (κ1) is 28.1. The van der Waals surface area contributed by atoms with Crippen molar-refractivity contribution in [1.82, 2.24) is 0 Å². The van der Waals surface area contributed by atoms with E-state index < -0.39 is 5.97 Å². The van der Waals surface area contributed by atoms with E-state index in [0.29, 0.717) is 30.5 Å². The molecule has 1 N–H and O–H groups in total. The summed E-state index contributed by atoms with van der Waals surface area (Å²) in [5.74, 6) is 0.140. The molecule has 2 fully saturated rings. The monoisotopic (exact) mass is 512 g/mol. The van der Waals surface area contributed by atoms with Gasteiger partial charge in [-0.3, -0.25) is 9.59 Å². The first-order valence-corrected chi connectivity index (χ1v) is 14.4. The van der Waals surface area contributed by atoms with Crippen LogP contribution in [0.5, 0.6) is 0 Å². The Balaban J connectivity index is 1.67. The van der Waals surface area contributed by atoms with Crippen molar-refractivity contribution in [3.63, 3.8) is 0 Å². The van der Waals surface area contributed by atoms with Gasteiger partial charge in [-0.15, -0.1) is 0 Å². The molecule has 5 heteroatoms. The fourth-order valence-corrected chi connectivity index (χ4v) is 9.60. The number of aliphatic carboxylic acids is 1. The predicted octanol–water partition coefficient (Wildman–Crippen LogP) is 7.29. The van der Waals surface area contributed by atoms with Crippen LogP contribution in [-0.4, -0.2) is 28.9 Å². The van der Waals surface area contributed by atoms with Gasteiger partial charge < -0.3 is 9.84 Å². The summed E-state index contributed by atoms with van der Waals surface area (Å²) in [4.78, 5) is 36.3. The Morgan fingerprint density at radius 3 is 2.30 bits per heavy atom. The number of carboxylic acids is 1. The van der Waals surface area contributed by atoms with Gasteiger partial charge in [0, 0.05) is 30.8 Å². The zero-order valence-corrected chi connectivity index (χ0v) is 24.3. The number of rotatable bonds is 6. The fourth-order valence-electron chi connectivity index (χ4n) is 9.60. The van der Waals surface area contributed by atoms with Crippen molar-refractivity contribution in [3.05, 3.63) is 22.8 Å². The van der Waals surface area contributed by atoms with Crippen LogP contribution in [0.4, 0.5) is 0 Å². The van der Waals surface area contributed by atoms with E-state index in [4.69, 9.17) is 4.74 Å². The molecule has 0 aromatic rings. The number of hydrogen-bond acceptors (Lipinski definition) is 4. The standard InChI is InChI=1S/C32H48O5/c1-19(28(35)36)9-11-25(37-21(3)33)20(2)22-13-17-32(8)24-10-12-26-29(4,5)27(34)15-16-30(26,6)23(24)14-18-31(22,32)7/h9,20,22,25-26H,10-18H2,1-8H3,(H,35,36)/b19-9+/t20-,22+,25-,26-,30+,31+,32-/m0/s1. The first-order chi connectivity index (χ1) is 17.1. The number of hydrogen-bond donors (Lipinski definition) is 1. The number of carboxylic acid groups (broad SMARTS) is 1. The summed E-state index contributed by atoms with van der Waals surface area (Å²) in [6, 6.07) is 0. The normalized spacial score (nSPS) is 38.8. The lowest BCUT2D eigenvalue weighted by atomic mass is 9.43. The van der Waals surface area contributed by atoms with Gasteiger partial charge in [-0.25, -0.2) is 4.79 Å². The first-order valence-electron chi connectivity index (χ1n) is 14.4. The van der Waals surface area contributed by atoms with Gasteiger partial charge in [-0.2, -0.15) is 0 Å². The molecular formula is C32H48O5. The van der Waals surface area contributed by atoms with Gasteiger partial charge in [0.2, 0.25) is 0 Å². The van der Waals surface area contributed by atoms with Gasteiger partial charge in [-0.05, 0) is 85.9 Å². The minimum Gasteiger partial charge on any atom is -0.478 e. The molecule has 0 aliphatic heterocycles. The Kier molecular flexibility index (Phi) is 7.12. The van der Waals surface area contributed by atoms with Crippen LogP contribution in [0.3, 0.4) is 0 Å². The number of ether oxygens (including phenoxy) is 1. The molecule has 5 nitrogen and oxygen atoms in total. The molecule has 2 saturated carbocycles. The Bertz CT molecular complexity index is 1050. The fraction of sp³-hybridized carbons (Fsp3) is 0.781. The van der Waals surface area contributed by atoms with Crippen LogP contribution in [0, 0.1) is 39.4 Å². The van der Waals surface area contributed by atoms with Gasteiger partial charge in [-0.1, -0.05) is 58.8 Å². The molecule has 7 atom stereocenters. The van der Waals surface area contributed by atoms with Crippen molar-refractivity contribution < 1.29 is 24.2 Å². The molecule has 0 saturated heterocycles. The SMILES string of the molecule is CC(=O)O[C@@H](C/C=C(\C)C(=O)O)[C@@H](C)[C@H]1CC[C@@]2(C)C3=C(CC[C@]12C)[C@@]1(C)CCC(=O)C(C)(C)[C@@H]1CC3. The molecule has 0 heterocycles. The Morgan fingerprint density at radius 1 is 1.00 bits per heavy atom. The quantitative estimate of drug-likeness (QED) is 0.229. The predicted molar refractivity (Wildman–Crippen MR) is 145 cm³/mol. The van der Waals surface area contributed by atoms with Crippen molar-refractivity contribution in [2.75, 3.05) is 0 Å². The summed E-state index contributed by atoms with van der Waals surface area (Å²) in [5.41, 5.74) is 3.68. The molecule has 0 aromatic heterocycles.